The third-order valence-corrected chi connectivity index (χ3v) is 4.95. The molecule has 24 heavy (non-hydrogen) atoms. The highest BCUT2D eigenvalue weighted by Gasteiger charge is 2.23. The average Bonchev–Trinajstić information content (AvgIpc) is 2.59. The van der Waals surface area contributed by atoms with Gasteiger partial charge in [-0.25, -0.2) is 4.79 Å². The standard InChI is InChI=1S/C18H19Cl2N3O/c1-13-5-7-14(8-6-13)21-18(24)23-11-9-22(10-12-23)16-4-2-3-15(19)17(16)20/h2-8H,9-12H2,1H3,(H,21,24). The Labute approximate surface area is 152 Å². The first kappa shape index (κ1) is 16.9. The smallest absolute Gasteiger partial charge is 0.321 e. The first-order valence-corrected chi connectivity index (χ1v) is 8.62. The summed E-state index contributed by atoms with van der Waals surface area (Å²) in [6, 6.07) is 13.3. The third kappa shape index (κ3) is 3.77. The van der Waals surface area contributed by atoms with Gasteiger partial charge in [0.25, 0.3) is 0 Å². The molecule has 6 heteroatoms. The summed E-state index contributed by atoms with van der Waals surface area (Å²) in [6.07, 6.45) is 0. The van der Waals surface area contributed by atoms with Crippen LogP contribution >= 0.6 is 23.2 Å². The fraction of sp³-hybridized carbons (Fsp3) is 0.278. The molecule has 0 saturated carbocycles. The predicted octanol–water partition coefficient (Wildman–Crippen LogP) is 4.66. The van der Waals surface area contributed by atoms with Gasteiger partial charge in [-0.1, -0.05) is 47.0 Å². The summed E-state index contributed by atoms with van der Waals surface area (Å²) in [5.41, 5.74) is 2.90. The molecule has 1 aliphatic heterocycles. The molecule has 0 radical (unpaired) electrons. The van der Waals surface area contributed by atoms with Crippen molar-refractivity contribution in [1.29, 1.82) is 0 Å². The molecular weight excluding hydrogens is 345 g/mol. The Balaban J connectivity index is 1.59. The van der Waals surface area contributed by atoms with Crippen LogP contribution in [0.3, 0.4) is 0 Å². The zero-order valence-electron chi connectivity index (χ0n) is 13.4. The number of carbonyl (C=O) groups is 1. The molecule has 126 valence electrons. The molecule has 1 aliphatic rings. The van der Waals surface area contributed by atoms with Crippen LogP contribution in [0, 0.1) is 6.92 Å². The van der Waals surface area contributed by atoms with Crippen molar-refractivity contribution >= 4 is 40.6 Å². The van der Waals surface area contributed by atoms with E-state index in [-0.39, 0.29) is 6.03 Å². The van der Waals surface area contributed by atoms with Crippen LogP contribution in [0.25, 0.3) is 0 Å². The Bertz CT molecular complexity index is 726. The summed E-state index contributed by atoms with van der Waals surface area (Å²) in [4.78, 5) is 16.3. The fourth-order valence-corrected chi connectivity index (χ4v) is 3.14. The minimum absolute atomic E-state index is 0.0734. The zero-order chi connectivity index (χ0) is 17.1. The average molecular weight is 364 g/mol. The quantitative estimate of drug-likeness (QED) is 0.842. The van der Waals surface area contributed by atoms with Crippen LogP contribution < -0.4 is 10.2 Å². The second-order valence-corrected chi connectivity index (χ2v) is 6.63. The van der Waals surface area contributed by atoms with Gasteiger partial charge < -0.3 is 15.1 Å². The van der Waals surface area contributed by atoms with Gasteiger partial charge in [0, 0.05) is 31.9 Å². The lowest BCUT2D eigenvalue weighted by atomic mass is 10.2. The van der Waals surface area contributed by atoms with Crippen LogP contribution in [-0.2, 0) is 0 Å². The number of anilines is 2. The number of rotatable bonds is 2. The van der Waals surface area contributed by atoms with Crippen LogP contribution in [0.2, 0.25) is 10.0 Å². The van der Waals surface area contributed by atoms with E-state index in [0.717, 1.165) is 24.5 Å². The number of nitrogens with zero attached hydrogens (tertiary/aromatic N) is 2. The number of urea groups is 1. The lowest BCUT2D eigenvalue weighted by Gasteiger charge is -2.36. The summed E-state index contributed by atoms with van der Waals surface area (Å²) >= 11 is 12.4. The van der Waals surface area contributed by atoms with Crippen molar-refractivity contribution in [3.8, 4) is 0 Å². The van der Waals surface area contributed by atoms with E-state index in [1.807, 2.05) is 48.2 Å². The topological polar surface area (TPSA) is 35.6 Å². The molecule has 1 saturated heterocycles. The predicted molar refractivity (Wildman–Crippen MR) is 100 cm³/mol. The van der Waals surface area contributed by atoms with Crippen LogP contribution in [0.4, 0.5) is 16.2 Å². The van der Waals surface area contributed by atoms with Crippen molar-refractivity contribution < 1.29 is 4.79 Å². The van der Waals surface area contributed by atoms with Gasteiger partial charge in [-0.05, 0) is 31.2 Å². The van der Waals surface area contributed by atoms with Crippen LogP contribution in [-0.4, -0.2) is 37.1 Å². The summed E-state index contributed by atoms with van der Waals surface area (Å²) in [5, 5.41) is 4.05. The van der Waals surface area contributed by atoms with E-state index in [9.17, 15) is 4.79 Å². The van der Waals surface area contributed by atoms with Gasteiger partial charge in [0.05, 0.1) is 15.7 Å². The Morgan fingerprint density at radius 1 is 1.00 bits per heavy atom. The molecule has 0 unspecified atom stereocenters. The number of aryl methyl sites for hydroxylation is 1. The highest BCUT2D eigenvalue weighted by Crippen LogP contribution is 2.32. The first-order valence-electron chi connectivity index (χ1n) is 7.86. The molecular formula is C18H19Cl2N3O. The molecule has 2 amide bonds. The number of amides is 2. The first-order chi connectivity index (χ1) is 11.5. The lowest BCUT2D eigenvalue weighted by molar-refractivity contribution is 0.208. The van der Waals surface area contributed by atoms with E-state index in [1.54, 1.807) is 6.07 Å². The molecule has 1 fully saturated rings. The SMILES string of the molecule is Cc1ccc(NC(=O)N2CCN(c3cccc(Cl)c3Cl)CC2)cc1. The van der Waals surface area contributed by atoms with E-state index >= 15 is 0 Å². The van der Waals surface area contributed by atoms with Crippen LogP contribution in [0.5, 0.6) is 0 Å². The van der Waals surface area contributed by atoms with Gasteiger partial charge in [0.2, 0.25) is 0 Å². The normalized spacial score (nSPS) is 14.6. The molecule has 0 aromatic heterocycles. The highest BCUT2D eigenvalue weighted by atomic mass is 35.5. The minimum atomic E-state index is -0.0734. The molecule has 2 aromatic carbocycles. The molecule has 0 bridgehead atoms. The second-order valence-electron chi connectivity index (χ2n) is 5.84. The molecule has 1 N–H and O–H groups in total. The van der Waals surface area contributed by atoms with Gasteiger partial charge >= 0.3 is 6.03 Å². The van der Waals surface area contributed by atoms with Gasteiger partial charge in [-0.15, -0.1) is 0 Å². The van der Waals surface area contributed by atoms with Crippen molar-refractivity contribution in [3.63, 3.8) is 0 Å². The number of benzene rings is 2. The molecule has 2 aromatic rings. The van der Waals surface area contributed by atoms with Crippen molar-refractivity contribution in [1.82, 2.24) is 4.90 Å². The van der Waals surface area contributed by atoms with Gasteiger partial charge in [-0.3, -0.25) is 0 Å². The Hall–Kier alpha value is -1.91. The monoisotopic (exact) mass is 363 g/mol. The Morgan fingerprint density at radius 2 is 1.67 bits per heavy atom. The number of hydrogen-bond donors (Lipinski definition) is 1. The van der Waals surface area contributed by atoms with Crippen molar-refractivity contribution in [3.05, 3.63) is 58.1 Å². The summed E-state index contributed by atoms with van der Waals surface area (Å²) in [7, 11) is 0. The number of carbonyl (C=O) groups excluding carboxylic acids is 1. The number of halogens is 2. The molecule has 3 rings (SSSR count). The van der Waals surface area contributed by atoms with E-state index < -0.39 is 0 Å². The molecule has 0 spiro atoms. The number of hydrogen-bond acceptors (Lipinski definition) is 2. The zero-order valence-corrected chi connectivity index (χ0v) is 14.9. The van der Waals surface area contributed by atoms with E-state index in [2.05, 4.69) is 10.2 Å². The van der Waals surface area contributed by atoms with Crippen molar-refractivity contribution in [2.75, 3.05) is 36.4 Å². The summed E-state index contributed by atoms with van der Waals surface area (Å²) in [6.45, 7) is 4.75. The molecule has 0 aliphatic carbocycles. The number of nitrogens with one attached hydrogen (secondary N) is 1. The van der Waals surface area contributed by atoms with Crippen molar-refractivity contribution in [2.45, 2.75) is 6.92 Å². The maximum absolute atomic E-state index is 12.4. The van der Waals surface area contributed by atoms with E-state index in [4.69, 9.17) is 23.2 Å². The minimum Gasteiger partial charge on any atom is -0.367 e. The summed E-state index contributed by atoms with van der Waals surface area (Å²) < 4.78 is 0. The Morgan fingerprint density at radius 3 is 2.33 bits per heavy atom. The number of piperazine rings is 1. The van der Waals surface area contributed by atoms with Crippen LogP contribution in [0.15, 0.2) is 42.5 Å². The maximum atomic E-state index is 12.4. The third-order valence-electron chi connectivity index (χ3n) is 4.14. The van der Waals surface area contributed by atoms with Crippen LogP contribution in [0.1, 0.15) is 5.56 Å². The van der Waals surface area contributed by atoms with Gasteiger partial charge in [-0.2, -0.15) is 0 Å². The molecule has 4 nitrogen and oxygen atoms in total. The molecule has 1 heterocycles. The lowest BCUT2D eigenvalue weighted by Crippen LogP contribution is -2.50. The highest BCUT2D eigenvalue weighted by molar-refractivity contribution is 6.43. The summed E-state index contributed by atoms with van der Waals surface area (Å²) in [5.74, 6) is 0. The second kappa shape index (κ2) is 7.32. The van der Waals surface area contributed by atoms with Gasteiger partial charge in [0.15, 0.2) is 0 Å². The van der Waals surface area contributed by atoms with Crippen molar-refractivity contribution in [2.24, 2.45) is 0 Å². The van der Waals surface area contributed by atoms with E-state index in [0.29, 0.717) is 23.1 Å². The Kier molecular flexibility index (Phi) is 5.17. The van der Waals surface area contributed by atoms with Gasteiger partial charge in [0.1, 0.15) is 0 Å². The molecule has 0 atom stereocenters. The largest absolute Gasteiger partial charge is 0.367 e. The fourth-order valence-electron chi connectivity index (χ4n) is 2.73. The van der Waals surface area contributed by atoms with E-state index in [1.165, 1.54) is 5.56 Å². The maximum Gasteiger partial charge on any atom is 0.321 e.